The third-order valence-electron chi connectivity index (χ3n) is 4.70. The van der Waals surface area contributed by atoms with Crippen molar-refractivity contribution >= 4 is 5.97 Å². The van der Waals surface area contributed by atoms with Crippen LogP contribution in [-0.4, -0.2) is 44.9 Å². The minimum absolute atomic E-state index is 0.00948. The van der Waals surface area contributed by atoms with Gasteiger partial charge in [-0.2, -0.15) is 0 Å². The molecule has 0 unspecified atom stereocenters. The molecule has 1 aliphatic heterocycles. The molecule has 0 aliphatic carbocycles. The Balaban J connectivity index is 1.55. The zero-order valence-electron chi connectivity index (χ0n) is 16.5. The number of hydrogen-bond acceptors (Lipinski definition) is 4. The Morgan fingerprint density at radius 1 is 1.12 bits per heavy atom. The minimum Gasteiger partial charge on any atom is -0.494 e. The van der Waals surface area contributed by atoms with Crippen LogP contribution in [0.2, 0.25) is 0 Å². The maximum atomic E-state index is 11.8. The molecule has 0 amide bonds. The first-order chi connectivity index (χ1) is 12.6. The highest BCUT2D eigenvalue weighted by molar-refractivity contribution is 5.72. The summed E-state index contributed by atoms with van der Waals surface area (Å²) in [6, 6.07) is 7.83. The highest BCUT2D eigenvalue weighted by atomic mass is 16.5. The number of hydrogen-bond donors (Lipinski definition) is 1. The lowest BCUT2D eigenvalue weighted by Gasteiger charge is -2.28. The van der Waals surface area contributed by atoms with Crippen LogP contribution in [0.25, 0.3) is 0 Å². The van der Waals surface area contributed by atoms with Crippen molar-refractivity contribution in [2.24, 2.45) is 5.92 Å². The summed E-state index contributed by atoms with van der Waals surface area (Å²) < 4.78 is 16.6. The van der Waals surface area contributed by atoms with E-state index in [2.05, 4.69) is 0 Å². The number of unbranched alkanes of at least 4 members (excludes halogenated alkanes) is 1. The molecule has 1 heterocycles. The number of carbonyl (C=O) groups excluding carboxylic acids is 1. The predicted molar refractivity (Wildman–Crippen MR) is 102 cm³/mol. The summed E-state index contributed by atoms with van der Waals surface area (Å²) in [5.74, 6) is 1.88. The Labute approximate surface area is 157 Å². The van der Waals surface area contributed by atoms with Gasteiger partial charge in [0.25, 0.3) is 0 Å². The molecular weight excluding hydrogens is 330 g/mol. The Hall–Kier alpha value is -1.75. The highest BCUT2D eigenvalue weighted by Gasteiger charge is 2.27. The SMILES string of the molecule is CCOC(=O)C1CC[NH+](CCCCOc2ccc(OC(C)C)cc2)CC1. The van der Waals surface area contributed by atoms with Gasteiger partial charge in [-0.3, -0.25) is 4.79 Å². The second-order valence-corrected chi connectivity index (χ2v) is 7.22. The summed E-state index contributed by atoms with van der Waals surface area (Å²) in [4.78, 5) is 13.4. The number of carbonyl (C=O) groups is 1. The molecule has 1 aliphatic rings. The average Bonchev–Trinajstić information content (AvgIpc) is 2.63. The molecule has 1 fully saturated rings. The number of ether oxygens (including phenoxy) is 3. The van der Waals surface area contributed by atoms with Crippen molar-refractivity contribution in [2.75, 3.05) is 32.8 Å². The first-order valence-corrected chi connectivity index (χ1v) is 9.98. The first-order valence-electron chi connectivity index (χ1n) is 9.98. The van der Waals surface area contributed by atoms with Crippen LogP contribution in [0.3, 0.4) is 0 Å². The molecule has 1 N–H and O–H groups in total. The van der Waals surface area contributed by atoms with Gasteiger partial charge in [-0.25, -0.2) is 0 Å². The van der Waals surface area contributed by atoms with Crippen LogP contribution in [0, 0.1) is 5.92 Å². The highest BCUT2D eigenvalue weighted by Crippen LogP contribution is 2.18. The summed E-state index contributed by atoms with van der Waals surface area (Å²) in [5, 5.41) is 0. The lowest BCUT2D eigenvalue weighted by atomic mass is 9.97. The average molecular weight is 365 g/mol. The van der Waals surface area contributed by atoms with Gasteiger partial charge in [0.2, 0.25) is 0 Å². The zero-order valence-corrected chi connectivity index (χ0v) is 16.5. The molecule has 2 rings (SSSR count). The second-order valence-electron chi connectivity index (χ2n) is 7.22. The molecule has 26 heavy (non-hydrogen) atoms. The molecule has 1 aromatic carbocycles. The molecule has 5 nitrogen and oxygen atoms in total. The van der Waals surface area contributed by atoms with E-state index in [1.165, 1.54) is 0 Å². The van der Waals surface area contributed by atoms with Crippen LogP contribution < -0.4 is 14.4 Å². The minimum atomic E-state index is -0.00948. The zero-order chi connectivity index (χ0) is 18.8. The van der Waals surface area contributed by atoms with Gasteiger partial charge in [0.05, 0.1) is 44.9 Å². The van der Waals surface area contributed by atoms with E-state index in [9.17, 15) is 4.79 Å². The molecule has 0 saturated carbocycles. The topological polar surface area (TPSA) is 49.2 Å². The van der Waals surface area contributed by atoms with Gasteiger partial charge in [-0.05, 0) is 57.9 Å². The maximum Gasteiger partial charge on any atom is 0.309 e. The number of nitrogens with one attached hydrogen (secondary N) is 1. The summed E-state index contributed by atoms with van der Waals surface area (Å²) in [7, 11) is 0. The first kappa shape index (κ1) is 20.6. The van der Waals surface area contributed by atoms with Crippen LogP contribution in [0.5, 0.6) is 11.5 Å². The van der Waals surface area contributed by atoms with Crippen LogP contribution in [0.4, 0.5) is 0 Å². The molecule has 0 spiro atoms. The van der Waals surface area contributed by atoms with E-state index in [0.717, 1.165) is 63.4 Å². The summed E-state index contributed by atoms with van der Waals surface area (Å²) >= 11 is 0. The molecule has 0 atom stereocenters. The lowest BCUT2D eigenvalue weighted by Crippen LogP contribution is -3.13. The van der Waals surface area contributed by atoms with Crippen LogP contribution in [0.15, 0.2) is 24.3 Å². The molecule has 1 saturated heterocycles. The largest absolute Gasteiger partial charge is 0.494 e. The normalized spacial score (nSPS) is 20.0. The van der Waals surface area contributed by atoms with Gasteiger partial charge in [-0.15, -0.1) is 0 Å². The van der Waals surface area contributed by atoms with E-state index in [1.54, 1.807) is 4.90 Å². The number of quaternary nitrogens is 1. The van der Waals surface area contributed by atoms with Gasteiger partial charge in [0.15, 0.2) is 0 Å². The monoisotopic (exact) mass is 364 g/mol. The van der Waals surface area contributed by atoms with E-state index < -0.39 is 0 Å². The number of piperidine rings is 1. The van der Waals surface area contributed by atoms with E-state index in [1.807, 2.05) is 45.0 Å². The smallest absolute Gasteiger partial charge is 0.309 e. The molecule has 146 valence electrons. The van der Waals surface area contributed by atoms with Gasteiger partial charge in [0, 0.05) is 12.8 Å². The van der Waals surface area contributed by atoms with Crippen molar-refractivity contribution in [1.82, 2.24) is 0 Å². The summed E-state index contributed by atoms with van der Waals surface area (Å²) in [6.45, 7) is 10.4. The maximum absolute atomic E-state index is 11.8. The number of esters is 1. The second kappa shape index (κ2) is 11.1. The number of rotatable bonds is 10. The van der Waals surface area contributed by atoms with Crippen LogP contribution >= 0.6 is 0 Å². The van der Waals surface area contributed by atoms with Crippen molar-refractivity contribution < 1.29 is 23.9 Å². The fraction of sp³-hybridized carbons (Fsp3) is 0.667. The number of benzene rings is 1. The van der Waals surface area contributed by atoms with Crippen LogP contribution in [0.1, 0.15) is 46.5 Å². The Morgan fingerprint density at radius 3 is 2.38 bits per heavy atom. The molecule has 0 aromatic heterocycles. The third kappa shape index (κ3) is 7.24. The van der Waals surface area contributed by atoms with Crippen molar-refractivity contribution in [3.8, 4) is 11.5 Å². The van der Waals surface area contributed by atoms with Crippen LogP contribution in [-0.2, 0) is 9.53 Å². The van der Waals surface area contributed by atoms with E-state index in [0.29, 0.717) is 6.61 Å². The lowest BCUT2D eigenvalue weighted by molar-refractivity contribution is -0.906. The summed E-state index contributed by atoms with van der Waals surface area (Å²) in [6.07, 6.45) is 4.29. The molecule has 0 radical (unpaired) electrons. The standard InChI is InChI=1S/C21H33NO4/c1-4-24-21(23)18-11-14-22(15-12-18)13-5-6-16-25-19-7-9-20(10-8-19)26-17(2)3/h7-10,17-18H,4-6,11-16H2,1-3H3/p+1. The van der Waals surface area contributed by atoms with E-state index in [-0.39, 0.29) is 18.0 Å². The van der Waals surface area contributed by atoms with Crippen molar-refractivity contribution in [2.45, 2.75) is 52.6 Å². The molecule has 5 heteroatoms. The fourth-order valence-electron chi connectivity index (χ4n) is 3.33. The predicted octanol–water partition coefficient (Wildman–Crippen LogP) is 2.49. The fourth-order valence-corrected chi connectivity index (χ4v) is 3.33. The van der Waals surface area contributed by atoms with Gasteiger partial charge >= 0.3 is 5.97 Å². The van der Waals surface area contributed by atoms with Gasteiger partial charge in [-0.1, -0.05) is 0 Å². The van der Waals surface area contributed by atoms with Gasteiger partial charge < -0.3 is 19.1 Å². The van der Waals surface area contributed by atoms with Crippen molar-refractivity contribution in [1.29, 1.82) is 0 Å². The molecular formula is C21H34NO4+. The van der Waals surface area contributed by atoms with E-state index >= 15 is 0 Å². The Bertz CT molecular complexity index is 521. The molecule has 0 bridgehead atoms. The quantitative estimate of drug-likeness (QED) is 0.512. The van der Waals surface area contributed by atoms with Crippen molar-refractivity contribution in [3.05, 3.63) is 24.3 Å². The third-order valence-corrected chi connectivity index (χ3v) is 4.70. The molecule has 1 aromatic rings. The van der Waals surface area contributed by atoms with Crippen molar-refractivity contribution in [3.63, 3.8) is 0 Å². The Morgan fingerprint density at radius 2 is 1.77 bits per heavy atom. The number of likely N-dealkylation sites (tertiary alicyclic amines) is 1. The summed E-state index contributed by atoms with van der Waals surface area (Å²) in [5.41, 5.74) is 0. The Kier molecular flexibility index (Phi) is 8.75. The van der Waals surface area contributed by atoms with E-state index in [4.69, 9.17) is 14.2 Å². The van der Waals surface area contributed by atoms with Gasteiger partial charge in [0.1, 0.15) is 11.5 Å².